The quantitative estimate of drug-likeness (QED) is 0.591. The average Bonchev–Trinajstić information content (AvgIpc) is 3.41. The predicted molar refractivity (Wildman–Crippen MR) is 115 cm³/mol. The number of hydrogen-bond donors (Lipinski definition) is 1. The fraction of sp³-hybridized carbons (Fsp3) is 0.292. The average molecular weight is 456 g/mol. The molecule has 6 nitrogen and oxygen atoms in total. The lowest BCUT2D eigenvalue weighted by atomic mass is 10.1. The lowest BCUT2D eigenvalue weighted by molar-refractivity contribution is -0.137. The molecule has 1 N–H and O–H groups in total. The highest BCUT2D eigenvalue weighted by Crippen LogP contribution is 2.30. The number of nitrogens with one attached hydrogen (secondary N) is 1. The minimum absolute atomic E-state index is 0.0451. The van der Waals surface area contributed by atoms with E-state index in [0.717, 1.165) is 23.5 Å². The Labute approximate surface area is 189 Å². The van der Waals surface area contributed by atoms with Crippen LogP contribution in [0.3, 0.4) is 0 Å². The first kappa shape index (κ1) is 22.6. The molecule has 172 valence electrons. The Hall–Kier alpha value is -3.62. The van der Waals surface area contributed by atoms with Crippen LogP contribution in [0.15, 0.2) is 66.9 Å². The van der Waals surface area contributed by atoms with Crippen molar-refractivity contribution in [3.05, 3.63) is 83.7 Å². The number of benzene rings is 2. The van der Waals surface area contributed by atoms with Crippen molar-refractivity contribution in [3.8, 4) is 5.69 Å². The van der Waals surface area contributed by atoms with Gasteiger partial charge in [0, 0.05) is 38.7 Å². The predicted octanol–water partition coefficient (Wildman–Crippen LogP) is 3.60. The van der Waals surface area contributed by atoms with Gasteiger partial charge in [0.1, 0.15) is 0 Å². The number of hydrogen-bond acceptors (Lipinski definition) is 3. The van der Waals surface area contributed by atoms with Crippen LogP contribution in [-0.4, -0.2) is 39.6 Å². The minimum Gasteiger partial charge on any atom is -0.355 e. The molecule has 2 heterocycles. The standard InChI is InChI=1S/C24H23F3N4O2/c25-24(26,27)19-6-4-5-17(13-19)15-30-16-18(14-22(30)32)23(33)28-11-9-20-10-12-31(29-20)21-7-2-1-3-8-21/h1-8,10,12-13,18H,9,11,14-16H2,(H,28,33)/t18-/m1/s1. The van der Waals surface area contributed by atoms with Crippen LogP contribution in [0.2, 0.25) is 0 Å². The molecule has 1 aliphatic heterocycles. The van der Waals surface area contributed by atoms with Gasteiger partial charge >= 0.3 is 6.18 Å². The van der Waals surface area contributed by atoms with Gasteiger partial charge in [0.15, 0.2) is 0 Å². The van der Waals surface area contributed by atoms with E-state index >= 15 is 0 Å². The smallest absolute Gasteiger partial charge is 0.355 e. The molecule has 33 heavy (non-hydrogen) atoms. The second-order valence-corrected chi connectivity index (χ2v) is 8.00. The number of rotatable bonds is 7. The molecular weight excluding hydrogens is 433 g/mol. The van der Waals surface area contributed by atoms with Crippen molar-refractivity contribution in [2.45, 2.75) is 25.6 Å². The van der Waals surface area contributed by atoms with Gasteiger partial charge in [0.2, 0.25) is 11.8 Å². The molecule has 4 rings (SSSR count). The van der Waals surface area contributed by atoms with E-state index in [1.54, 1.807) is 10.7 Å². The molecule has 2 aromatic carbocycles. The fourth-order valence-electron chi connectivity index (χ4n) is 3.84. The summed E-state index contributed by atoms with van der Waals surface area (Å²) in [5.74, 6) is -1.00. The summed E-state index contributed by atoms with van der Waals surface area (Å²) in [6.45, 7) is 0.607. The van der Waals surface area contributed by atoms with Crippen molar-refractivity contribution in [3.63, 3.8) is 0 Å². The molecule has 1 fully saturated rings. The van der Waals surface area contributed by atoms with Crippen LogP contribution in [0.1, 0.15) is 23.2 Å². The molecule has 0 aliphatic carbocycles. The topological polar surface area (TPSA) is 67.2 Å². The maximum absolute atomic E-state index is 12.9. The Kier molecular flexibility index (Phi) is 6.48. The van der Waals surface area contributed by atoms with Crippen LogP contribution in [0.5, 0.6) is 0 Å². The highest BCUT2D eigenvalue weighted by atomic mass is 19.4. The van der Waals surface area contributed by atoms with Crippen LogP contribution >= 0.6 is 0 Å². The molecule has 1 aliphatic rings. The second-order valence-electron chi connectivity index (χ2n) is 8.00. The summed E-state index contributed by atoms with van der Waals surface area (Å²) in [5.41, 5.74) is 1.40. The third kappa shape index (κ3) is 5.60. The highest BCUT2D eigenvalue weighted by molar-refractivity contribution is 5.89. The number of carbonyl (C=O) groups is 2. The Bertz CT molecular complexity index is 1130. The van der Waals surface area contributed by atoms with Gasteiger partial charge in [0.05, 0.1) is 22.9 Å². The van der Waals surface area contributed by atoms with E-state index in [1.165, 1.54) is 11.0 Å². The molecule has 0 radical (unpaired) electrons. The van der Waals surface area contributed by atoms with Crippen molar-refractivity contribution in [2.24, 2.45) is 5.92 Å². The van der Waals surface area contributed by atoms with E-state index < -0.39 is 17.7 Å². The summed E-state index contributed by atoms with van der Waals surface area (Å²) in [6, 6.07) is 16.5. The van der Waals surface area contributed by atoms with Crippen LogP contribution < -0.4 is 5.32 Å². The minimum atomic E-state index is -4.44. The normalized spacial score (nSPS) is 16.3. The van der Waals surface area contributed by atoms with E-state index in [4.69, 9.17) is 0 Å². The first-order valence-corrected chi connectivity index (χ1v) is 10.6. The first-order chi connectivity index (χ1) is 15.8. The molecule has 0 bridgehead atoms. The molecule has 0 saturated carbocycles. The zero-order chi connectivity index (χ0) is 23.4. The van der Waals surface area contributed by atoms with E-state index in [-0.39, 0.29) is 31.3 Å². The van der Waals surface area contributed by atoms with E-state index in [1.807, 2.05) is 42.6 Å². The zero-order valence-electron chi connectivity index (χ0n) is 17.8. The highest BCUT2D eigenvalue weighted by Gasteiger charge is 2.35. The number of amides is 2. The molecule has 9 heteroatoms. The SMILES string of the molecule is O=C(NCCc1ccn(-c2ccccc2)n1)[C@@H]1CC(=O)N(Cc2cccc(C(F)(F)F)c2)C1. The number of nitrogens with zero attached hydrogens (tertiary/aromatic N) is 3. The molecule has 1 aromatic heterocycles. The summed E-state index contributed by atoms with van der Waals surface area (Å²) >= 11 is 0. The van der Waals surface area contributed by atoms with Crippen molar-refractivity contribution in [1.82, 2.24) is 20.0 Å². The zero-order valence-corrected chi connectivity index (χ0v) is 17.8. The van der Waals surface area contributed by atoms with E-state index in [9.17, 15) is 22.8 Å². The Balaban J connectivity index is 1.27. The van der Waals surface area contributed by atoms with Gasteiger partial charge < -0.3 is 10.2 Å². The largest absolute Gasteiger partial charge is 0.416 e. The monoisotopic (exact) mass is 456 g/mol. The maximum Gasteiger partial charge on any atom is 0.416 e. The lowest BCUT2D eigenvalue weighted by Gasteiger charge is -2.17. The van der Waals surface area contributed by atoms with Crippen molar-refractivity contribution < 1.29 is 22.8 Å². The van der Waals surface area contributed by atoms with Crippen molar-refractivity contribution in [2.75, 3.05) is 13.1 Å². The Morgan fingerprint density at radius 3 is 2.64 bits per heavy atom. The van der Waals surface area contributed by atoms with Crippen molar-refractivity contribution >= 4 is 11.8 Å². The van der Waals surface area contributed by atoms with Crippen LogP contribution in [0, 0.1) is 5.92 Å². The van der Waals surface area contributed by atoms with Crippen molar-refractivity contribution in [1.29, 1.82) is 0 Å². The van der Waals surface area contributed by atoms with Gasteiger partial charge in [-0.1, -0.05) is 30.3 Å². The molecule has 1 saturated heterocycles. The van der Waals surface area contributed by atoms with Gasteiger partial charge in [-0.3, -0.25) is 9.59 Å². The number of aromatic nitrogens is 2. The fourth-order valence-corrected chi connectivity index (χ4v) is 3.84. The second kappa shape index (κ2) is 9.48. The third-order valence-corrected chi connectivity index (χ3v) is 5.56. The number of alkyl halides is 3. The summed E-state index contributed by atoms with van der Waals surface area (Å²) in [6.07, 6.45) is -1.99. The molecule has 0 spiro atoms. The lowest BCUT2D eigenvalue weighted by Crippen LogP contribution is -2.34. The molecular formula is C24H23F3N4O2. The Morgan fingerprint density at radius 1 is 1.09 bits per heavy atom. The summed E-state index contributed by atoms with van der Waals surface area (Å²) in [4.78, 5) is 26.3. The van der Waals surface area contributed by atoms with Gasteiger partial charge in [-0.25, -0.2) is 4.68 Å². The Morgan fingerprint density at radius 2 is 1.88 bits per heavy atom. The van der Waals surface area contributed by atoms with Gasteiger partial charge in [-0.05, 0) is 35.9 Å². The van der Waals surface area contributed by atoms with Gasteiger partial charge in [-0.2, -0.15) is 18.3 Å². The van der Waals surface area contributed by atoms with Gasteiger partial charge in [-0.15, -0.1) is 0 Å². The van der Waals surface area contributed by atoms with E-state index in [2.05, 4.69) is 10.4 Å². The van der Waals surface area contributed by atoms with Crippen LogP contribution in [0.4, 0.5) is 13.2 Å². The van der Waals surface area contributed by atoms with Gasteiger partial charge in [0.25, 0.3) is 0 Å². The maximum atomic E-state index is 12.9. The number of carbonyl (C=O) groups excluding carboxylic acids is 2. The van der Waals surface area contributed by atoms with Crippen LogP contribution in [-0.2, 0) is 28.7 Å². The summed E-state index contributed by atoms with van der Waals surface area (Å²) < 4.78 is 40.5. The summed E-state index contributed by atoms with van der Waals surface area (Å²) in [7, 11) is 0. The number of likely N-dealkylation sites (tertiary alicyclic amines) is 1. The molecule has 1 atom stereocenters. The van der Waals surface area contributed by atoms with Crippen LogP contribution in [0.25, 0.3) is 5.69 Å². The molecule has 0 unspecified atom stereocenters. The number of halogens is 3. The first-order valence-electron chi connectivity index (χ1n) is 10.6. The van der Waals surface area contributed by atoms with E-state index in [0.29, 0.717) is 18.5 Å². The summed E-state index contributed by atoms with van der Waals surface area (Å²) in [5, 5.41) is 7.33. The molecule has 3 aromatic rings. The number of para-hydroxylation sites is 1. The third-order valence-electron chi connectivity index (χ3n) is 5.56. The molecule has 2 amide bonds.